The van der Waals surface area contributed by atoms with E-state index in [1.54, 1.807) is 18.4 Å². The van der Waals surface area contributed by atoms with E-state index in [0.717, 1.165) is 34.0 Å². The van der Waals surface area contributed by atoms with Crippen LogP contribution < -0.4 is 19.6 Å². The first-order valence-corrected chi connectivity index (χ1v) is 15.4. The molecule has 212 valence electrons. The van der Waals surface area contributed by atoms with Gasteiger partial charge in [-0.15, -0.1) is 0 Å². The molecule has 0 saturated carbocycles. The number of benzene rings is 2. The second-order valence-corrected chi connectivity index (χ2v) is 12.4. The van der Waals surface area contributed by atoms with Gasteiger partial charge in [0.1, 0.15) is 5.75 Å². The summed E-state index contributed by atoms with van der Waals surface area (Å²) in [7, 11) is 0. The number of hydrogen-bond donors (Lipinski definition) is 0. The molecule has 2 aromatic carbocycles. The number of hydrogen-bond acceptors (Lipinski definition) is 6. The average molecular weight is 682 g/mol. The molecule has 2 aromatic heterocycles. The van der Waals surface area contributed by atoms with Crippen LogP contribution in [-0.4, -0.2) is 27.8 Å². The second kappa shape index (κ2) is 11.8. The average Bonchev–Trinajstić information content (AvgIpc) is 3.38. The number of nitrogens with zero attached hydrogens (tertiary/aromatic N) is 3. The molecular formula is C32H32IN3O4S. The molecule has 0 saturated heterocycles. The topological polar surface area (TPSA) is 74.8 Å². The highest BCUT2D eigenvalue weighted by Crippen LogP contribution is 2.32. The van der Waals surface area contributed by atoms with Crippen molar-refractivity contribution in [2.24, 2.45) is 4.99 Å². The van der Waals surface area contributed by atoms with Gasteiger partial charge in [0.05, 0.1) is 34.6 Å². The van der Waals surface area contributed by atoms with Gasteiger partial charge in [0, 0.05) is 20.6 Å². The molecule has 0 fully saturated rings. The smallest absolute Gasteiger partial charge is 0.338 e. The second-order valence-electron chi connectivity index (χ2n) is 10.2. The normalized spacial score (nSPS) is 15.2. The van der Waals surface area contributed by atoms with Gasteiger partial charge in [-0.3, -0.25) is 9.36 Å². The van der Waals surface area contributed by atoms with Gasteiger partial charge in [-0.1, -0.05) is 23.5 Å². The standard InChI is InChI=1S/C32H32IN3O4S/c1-7-39-31(38)28-20(5)34-32-36(29(28)22-8-14-26(15-9-22)40-18(2)3)30(37)27(41-32)17-23-16-19(4)35(21(23)6)25-12-10-24(33)11-13-25/h8-18,29H,7H2,1-6H3/b27-17-/t29-/m0/s1. The van der Waals surface area contributed by atoms with Crippen LogP contribution in [0.5, 0.6) is 5.75 Å². The van der Waals surface area contributed by atoms with Crippen LogP contribution in [0.4, 0.5) is 0 Å². The maximum atomic E-state index is 14.0. The van der Waals surface area contributed by atoms with E-state index in [0.29, 0.717) is 20.6 Å². The molecule has 1 aliphatic heterocycles. The Labute approximate surface area is 256 Å². The highest BCUT2D eigenvalue weighted by molar-refractivity contribution is 14.1. The van der Waals surface area contributed by atoms with E-state index >= 15 is 0 Å². The van der Waals surface area contributed by atoms with Crippen molar-refractivity contribution in [1.29, 1.82) is 0 Å². The van der Waals surface area contributed by atoms with E-state index in [9.17, 15) is 9.59 Å². The number of ether oxygens (including phenoxy) is 2. The molecule has 4 aromatic rings. The van der Waals surface area contributed by atoms with Gasteiger partial charge in [-0.05, 0) is 124 Å². The highest BCUT2D eigenvalue weighted by atomic mass is 127. The van der Waals surface area contributed by atoms with Gasteiger partial charge in [-0.2, -0.15) is 0 Å². The molecule has 7 nitrogen and oxygen atoms in total. The van der Waals surface area contributed by atoms with Crippen LogP contribution in [0.25, 0.3) is 11.8 Å². The van der Waals surface area contributed by atoms with Crippen LogP contribution >= 0.6 is 33.9 Å². The minimum atomic E-state index is -0.667. The number of carbonyl (C=O) groups excluding carboxylic acids is 1. The summed E-state index contributed by atoms with van der Waals surface area (Å²) < 4.78 is 16.8. The summed E-state index contributed by atoms with van der Waals surface area (Å²) in [4.78, 5) is 32.5. The van der Waals surface area contributed by atoms with Gasteiger partial charge in [0.25, 0.3) is 5.56 Å². The molecule has 1 atom stereocenters. The first-order chi connectivity index (χ1) is 19.6. The van der Waals surface area contributed by atoms with Crippen molar-refractivity contribution in [3.05, 3.63) is 112 Å². The maximum absolute atomic E-state index is 14.0. The number of thiazole rings is 1. The van der Waals surface area contributed by atoms with Crippen molar-refractivity contribution in [2.75, 3.05) is 6.61 Å². The third-order valence-corrected chi connectivity index (χ3v) is 8.63. The molecule has 1 aliphatic rings. The fraction of sp³-hybridized carbons (Fsp3) is 0.281. The van der Waals surface area contributed by atoms with Crippen LogP contribution in [0.3, 0.4) is 0 Å². The summed E-state index contributed by atoms with van der Waals surface area (Å²) >= 11 is 3.63. The van der Waals surface area contributed by atoms with Crippen molar-refractivity contribution in [3.63, 3.8) is 0 Å². The third kappa shape index (κ3) is 5.70. The largest absolute Gasteiger partial charge is 0.491 e. The summed E-state index contributed by atoms with van der Waals surface area (Å²) in [5.74, 6) is 0.245. The van der Waals surface area contributed by atoms with Crippen molar-refractivity contribution >= 4 is 46.0 Å². The molecule has 0 bridgehead atoms. The van der Waals surface area contributed by atoms with Gasteiger partial charge >= 0.3 is 5.97 Å². The van der Waals surface area contributed by atoms with E-state index in [1.165, 1.54) is 14.9 Å². The van der Waals surface area contributed by atoms with Gasteiger partial charge < -0.3 is 14.0 Å². The number of aromatic nitrogens is 2. The SMILES string of the molecule is CCOC(=O)C1=C(C)N=c2s/c(=C\c3cc(C)n(-c4ccc(I)cc4)c3C)c(=O)n2[C@H]1c1ccc(OC(C)C)cc1. The number of esters is 1. The molecule has 0 aliphatic carbocycles. The quantitative estimate of drug-likeness (QED) is 0.188. The minimum absolute atomic E-state index is 0.0309. The van der Waals surface area contributed by atoms with Gasteiger partial charge in [0.15, 0.2) is 4.80 Å². The Morgan fingerprint density at radius 3 is 2.41 bits per heavy atom. The summed E-state index contributed by atoms with van der Waals surface area (Å²) in [5, 5.41) is 0. The lowest BCUT2D eigenvalue weighted by molar-refractivity contribution is -0.139. The van der Waals surface area contributed by atoms with Crippen LogP contribution in [0.1, 0.15) is 56.3 Å². The molecule has 41 heavy (non-hydrogen) atoms. The Kier molecular flexibility index (Phi) is 8.37. The van der Waals surface area contributed by atoms with Gasteiger partial charge in [0.2, 0.25) is 0 Å². The number of allylic oxidation sites excluding steroid dienone is 1. The Balaban J connectivity index is 1.65. The molecule has 5 rings (SSSR count). The van der Waals surface area contributed by atoms with E-state index in [1.807, 2.05) is 44.2 Å². The third-order valence-electron chi connectivity index (χ3n) is 6.93. The Morgan fingerprint density at radius 2 is 1.78 bits per heavy atom. The molecule has 3 heterocycles. The monoisotopic (exact) mass is 681 g/mol. The number of halogens is 1. The van der Waals surface area contributed by atoms with E-state index in [-0.39, 0.29) is 18.3 Å². The zero-order valence-electron chi connectivity index (χ0n) is 23.9. The van der Waals surface area contributed by atoms with Crippen molar-refractivity contribution in [1.82, 2.24) is 9.13 Å². The van der Waals surface area contributed by atoms with E-state index in [2.05, 4.69) is 71.3 Å². The van der Waals surface area contributed by atoms with E-state index in [4.69, 9.17) is 14.5 Å². The molecule has 9 heteroatoms. The van der Waals surface area contributed by atoms with E-state index < -0.39 is 12.0 Å². The van der Waals surface area contributed by atoms with Crippen molar-refractivity contribution < 1.29 is 14.3 Å². The first kappa shape index (κ1) is 29.1. The number of rotatable bonds is 7. The summed E-state index contributed by atoms with van der Waals surface area (Å²) in [5.41, 5.74) is 5.62. The number of aryl methyl sites for hydroxylation is 1. The lowest BCUT2D eigenvalue weighted by Crippen LogP contribution is -2.39. The van der Waals surface area contributed by atoms with Crippen LogP contribution in [0.2, 0.25) is 0 Å². The molecule has 0 unspecified atom stereocenters. The molecule has 0 radical (unpaired) electrons. The fourth-order valence-corrected chi connectivity index (χ4v) is 6.57. The molecule has 0 N–H and O–H groups in total. The molecule has 0 spiro atoms. The van der Waals surface area contributed by atoms with Crippen LogP contribution in [-0.2, 0) is 9.53 Å². The summed E-state index contributed by atoms with van der Waals surface area (Å²) in [6.45, 7) is 11.8. The van der Waals surface area contributed by atoms with Crippen molar-refractivity contribution in [2.45, 2.75) is 53.7 Å². The van der Waals surface area contributed by atoms with Gasteiger partial charge in [-0.25, -0.2) is 9.79 Å². The lowest BCUT2D eigenvalue weighted by atomic mass is 9.96. The maximum Gasteiger partial charge on any atom is 0.338 e. The number of carbonyl (C=O) groups is 1. The zero-order valence-corrected chi connectivity index (χ0v) is 26.9. The highest BCUT2D eigenvalue weighted by Gasteiger charge is 2.33. The Hall–Kier alpha value is -3.44. The Bertz CT molecular complexity index is 1830. The number of fused-ring (bicyclic) bond motifs is 1. The van der Waals surface area contributed by atoms with Crippen molar-refractivity contribution in [3.8, 4) is 11.4 Å². The molecule has 0 amide bonds. The summed E-state index contributed by atoms with van der Waals surface area (Å²) in [6, 6.07) is 17.3. The van der Waals surface area contributed by atoms with Crippen LogP contribution in [0, 0.1) is 17.4 Å². The van der Waals surface area contributed by atoms with Crippen LogP contribution in [0.15, 0.2) is 75.7 Å². The predicted molar refractivity (Wildman–Crippen MR) is 171 cm³/mol. The first-order valence-electron chi connectivity index (χ1n) is 13.5. The Morgan fingerprint density at radius 1 is 1.10 bits per heavy atom. The predicted octanol–water partition coefficient (Wildman–Crippen LogP) is 5.60. The molecular weight excluding hydrogens is 649 g/mol. The zero-order chi connectivity index (χ0) is 29.4. The summed E-state index contributed by atoms with van der Waals surface area (Å²) in [6.07, 6.45) is 1.96. The fourth-order valence-electron chi connectivity index (χ4n) is 5.17. The lowest BCUT2D eigenvalue weighted by Gasteiger charge is -2.25. The minimum Gasteiger partial charge on any atom is -0.491 e.